The van der Waals surface area contributed by atoms with E-state index in [4.69, 9.17) is 4.74 Å². The van der Waals surface area contributed by atoms with E-state index in [0.29, 0.717) is 17.6 Å². The summed E-state index contributed by atoms with van der Waals surface area (Å²) in [5.74, 6) is 1.49. The van der Waals surface area contributed by atoms with Gasteiger partial charge in [-0.2, -0.15) is 22.0 Å². The van der Waals surface area contributed by atoms with Gasteiger partial charge in [0.15, 0.2) is 11.9 Å². The molecule has 0 amide bonds. The molecule has 56 valence electrons. The first-order valence-electron chi connectivity index (χ1n) is 2.98. The fourth-order valence-electron chi connectivity index (χ4n) is 0.511. The molecule has 3 nitrogen and oxygen atoms in total. The molecule has 0 aromatic carbocycles. The average molecular weight is 177 g/mol. The van der Waals surface area contributed by atoms with Crippen molar-refractivity contribution in [3.8, 4) is 0 Å². The van der Waals surface area contributed by atoms with Crippen molar-refractivity contribution in [2.75, 3.05) is 12.4 Å². The fourth-order valence-corrected chi connectivity index (χ4v) is 1.42. The predicted octanol–water partition coefficient (Wildman–Crippen LogP) is 0.0258. The van der Waals surface area contributed by atoms with Gasteiger partial charge >= 0.3 is 11.1 Å². The van der Waals surface area contributed by atoms with Crippen LogP contribution in [0.5, 0.6) is 0 Å². The summed E-state index contributed by atoms with van der Waals surface area (Å²) in [6, 6.07) is 0. The van der Waals surface area contributed by atoms with Crippen LogP contribution in [0.3, 0.4) is 0 Å². The van der Waals surface area contributed by atoms with E-state index in [-0.39, 0.29) is 0 Å². The van der Waals surface area contributed by atoms with Gasteiger partial charge in [0.05, 0.1) is 6.61 Å². The molecule has 0 fully saturated rings. The number of hydrogen-bond acceptors (Lipinski definition) is 4. The van der Waals surface area contributed by atoms with Crippen LogP contribution in [0.4, 0.5) is 0 Å². The molecule has 0 aromatic rings. The fraction of sp³-hybridized carbons (Fsp3) is 0.600. The molecule has 0 bridgehead atoms. The van der Waals surface area contributed by atoms with Crippen LogP contribution in [-0.4, -0.2) is 23.4 Å². The summed E-state index contributed by atoms with van der Waals surface area (Å²) in [6.45, 7) is 2.59. The third-order valence-electron chi connectivity index (χ3n) is 0.900. The number of thiol groups is 1. The monoisotopic (exact) mass is 177 g/mol. The van der Waals surface area contributed by atoms with Gasteiger partial charge in [0, 0.05) is 0 Å². The largest absolute Gasteiger partial charge is 0.463 e. The Morgan fingerprint density at radius 1 is 1.80 bits per heavy atom. The number of ether oxygens (including phenoxy) is 1. The SMILES string of the molecule is CCOC1=[N+]=C(CS)NS1. The molecule has 0 radical (unpaired) electrons. The van der Waals surface area contributed by atoms with Crippen molar-refractivity contribution in [3.63, 3.8) is 0 Å². The summed E-state index contributed by atoms with van der Waals surface area (Å²) >= 11 is 5.44. The second-order valence-corrected chi connectivity index (χ2v) is 2.69. The van der Waals surface area contributed by atoms with Crippen molar-refractivity contribution in [3.05, 3.63) is 0 Å². The lowest BCUT2D eigenvalue weighted by Gasteiger charge is -1.88. The van der Waals surface area contributed by atoms with Crippen LogP contribution < -0.4 is 9.39 Å². The standard InChI is InChI=1S/C5H8N2OS2/c1-2-8-5-6-4(3-9)7-10-5/h9H,2-3H2,1H3/p+1. The zero-order valence-electron chi connectivity index (χ0n) is 5.63. The van der Waals surface area contributed by atoms with E-state index in [2.05, 4.69) is 22.0 Å². The van der Waals surface area contributed by atoms with Crippen LogP contribution in [0, 0.1) is 0 Å². The zero-order chi connectivity index (χ0) is 7.40. The number of rotatable bonds is 2. The summed E-state index contributed by atoms with van der Waals surface area (Å²) in [5.41, 5.74) is 0. The minimum absolute atomic E-state index is 0.629. The Balaban J connectivity index is 2.53. The first-order chi connectivity index (χ1) is 4.86. The van der Waals surface area contributed by atoms with Gasteiger partial charge in [-0.15, -0.1) is 0 Å². The molecule has 10 heavy (non-hydrogen) atoms. The summed E-state index contributed by atoms with van der Waals surface area (Å²) in [6.07, 6.45) is 0. The molecule has 1 N–H and O–H groups in total. The molecular formula is C5H9N2OS2+. The molecule has 0 aromatic heterocycles. The maximum absolute atomic E-state index is 5.13. The highest BCUT2D eigenvalue weighted by Gasteiger charge is 2.22. The van der Waals surface area contributed by atoms with Gasteiger partial charge in [-0.25, -0.2) is 0 Å². The van der Waals surface area contributed by atoms with Crippen molar-refractivity contribution < 1.29 is 4.74 Å². The third-order valence-corrected chi connectivity index (χ3v) is 1.92. The number of hydrogen-bond donors (Lipinski definition) is 2. The second kappa shape index (κ2) is 3.81. The number of nitrogens with one attached hydrogen (secondary N) is 1. The highest BCUT2D eigenvalue weighted by Crippen LogP contribution is 2.00. The summed E-state index contributed by atoms with van der Waals surface area (Å²) < 4.78 is 12.2. The van der Waals surface area contributed by atoms with Crippen molar-refractivity contribution in [1.82, 2.24) is 9.39 Å². The average Bonchev–Trinajstić information content (AvgIpc) is 2.37. The highest BCUT2D eigenvalue weighted by atomic mass is 32.2. The maximum atomic E-state index is 5.13. The van der Waals surface area contributed by atoms with Gasteiger partial charge < -0.3 is 4.74 Å². The second-order valence-electron chi connectivity index (χ2n) is 1.62. The zero-order valence-corrected chi connectivity index (χ0v) is 7.34. The lowest BCUT2D eigenvalue weighted by Crippen LogP contribution is -2.14. The molecule has 0 saturated carbocycles. The Bertz CT molecular complexity index is 182. The first-order valence-corrected chi connectivity index (χ1v) is 4.42. The van der Waals surface area contributed by atoms with Crippen LogP contribution in [0.2, 0.25) is 0 Å². The molecule has 1 aliphatic rings. The van der Waals surface area contributed by atoms with Gasteiger partial charge in [0.25, 0.3) is 0 Å². The Hall–Kier alpha value is -0.250. The molecule has 0 aliphatic carbocycles. The maximum Gasteiger partial charge on any atom is 0.463 e. The van der Waals surface area contributed by atoms with Crippen molar-refractivity contribution in [2.24, 2.45) is 0 Å². The van der Waals surface area contributed by atoms with Gasteiger partial charge in [-0.3, -0.25) is 0 Å². The van der Waals surface area contributed by atoms with Gasteiger partial charge in [-0.05, 0) is 6.92 Å². The van der Waals surface area contributed by atoms with Crippen LogP contribution in [0.25, 0.3) is 0 Å². The molecule has 0 atom stereocenters. The molecule has 5 heteroatoms. The quantitative estimate of drug-likeness (QED) is 0.355. The lowest BCUT2D eigenvalue weighted by molar-refractivity contribution is 0.338. The van der Waals surface area contributed by atoms with Crippen molar-refractivity contribution in [1.29, 1.82) is 0 Å². The Labute approximate surface area is 69.5 Å². The topological polar surface area (TPSA) is 35.4 Å². The van der Waals surface area contributed by atoms with Crippen LogP contribution in [0.15, 0.2) is 0 Å². The lowest BCUT2D eigenvalue weighted by atomic mass is 10.7. The van der Waals surface area contributed by atoms with Gasteiger partial charge in [0.2, 0.25) is 0 Å². The Morgan fingerprint density at radius 3 is 3.10 bits per heavy atom. The third kappa shape index (κ3) is 1.87. The normalized spacial score (nSPS) is 15.8. The van der Waals surface area contributed by atoms with E-state index >= 15 is 0 Å². The molecule has 0 spiro atoms. The summed E-state index contributed by atoms with van der Waals surface area (Å²) in [7, 11) is 0. The number of nitrogens with zero attached hydrogens (tertiary/aromatic N) is 1. The molecular weight excluding hydrogens is 168 g/mol. The van der Waals surface area contributed by atoms with E-state index in [0.717, 1.165) is 5.84 Å². The van der Waals surface area contributed by atoms with E-state index in [9.17, 15) is 0 Å². The van der Waals surface area contributed by atoms with E-state index in [1.807, 2.05) is 6.92 Å². The van der Waals surface area contributed by atoms with E-state index in [1.165, 1.54) is 11.9 Å². The number of amidine groups is 1. The van der Waals surface area contributed by atoms with Gasteiger partial charge in [0.1, 0.15) is 5.75 Å². The first kappa shape index (κ1) is 7.85. The predicted molar refractivity (Wildman–Crippen MR) is 48.4 cm³/mol. The Morgan fingerprint density at radius 2 is 2.60 bits per heavy atom. The van der Waals surface area contributed by atoms with Crippen molar-refractivity contribution in [2.45, 2.75) is 6.92 Å². The highest BCUT2D eigenvalue weighted by molar-refractivity contribution is 8.12. The molecule has 1 heterocycles. The van der Waals surface area contributed by atoms with E-state index in [1.54, 1.807) is 0 Å². The molecule has 1 rings (SSSR count). The smallest absolute Gasteiger partial charge is 0.443 e. The molecule has 1 aliphatic heterocycles. The summed E-state index contributed by atoms with van der Waals surface area (Å²) in [4.78, 5) is 0. The minimum atomic E-state index is 0.629. The molecule has 0 unspecified atom stereocenters. The van der Waals surface area contributed by atoms with Crippen molar-refractivity contribution >= 4 is 35.6 Å². The summed E-state index contributed by atoms with van der Waals surface area (Å²) in [5, 5.41) is 0.687. The molecule has 0 saturated heterocycles. The van der Waals surface area contributed by atoms with E-state index < -0.39 is 0 Å². The Kier molecular flexibility index (Phi) is 2.99. The van der Waals surface area contributed by atoms with Crippen LogP contribution in [-0.2, 0) is 4.74 Å². The minimum Gasteiger partial charge on any atom is -0.443 e. The van der Waals surface area contributed by atoms with Crippen LogP contribution >= 0.6 is 24.6 Å². The van der Waals surface area contributed by atoms with Gasteiger partial charge in [-0.1, -0.05) is 0 Å². The van der Waals surface area contributed by atoms with Crippen LogP contribution in [0.1, 0.15) is 6.92 Å².